The molecule has 2 aliphatic carbocycles. The molecule has 1 heterocycles. The van der Waals surface area contributed by atoms with Crippen molar-refractivity contribution in [3.63, 3.8) is 0 Å². The van der Waals surface area contributed by atoms with Crippen molar-refractivity contribution in [2.75, 3.05) is 13.2 Å². The van der Waals surface area contributed by atoms with Crippen molar-refractivity contribution in [1.29, 1.82) is 0 Å². The lowest BCUT2D eigenvalue weighted by atomic mass is 9.65. The van der Waals surface area contributed by atoms with E-state index in [0.29, 0.717) is 38.9 Å². The van der Waals surface area contributed by atoms with E-state index in [2.05, 4.69) is 13.8 Å². The number of rotatable bonds is 0. The van der Waals surface area contributed by atoms with Crippen LogP contribution < -0.4 is 0 Å². The van der Waals surface area contributed by atoms with E-state index in [0.717, 1.165) is 0 Å². The Morgan fingerprint density at radius 2 is 1.70 bits per heavy atom. The number of hydrogen-bond donors (Lipinski definition) is 2. The molecule has 1 aliphatic heterocycles. The Bertz CT molecular complexity index is 395. The first kappa shape index (κ1) is 14.4. The summed E-state index contributed by atoms with van der Waals surface area (Å²) in [6.07, 6.45) is 0.0909. The van der Waals surface area contributed by atoms with Gasteiger partial charge in [0.05, 0.1) is 25.4 Å². The SMILES string of the molecule is CC1(C)COC2(CCC(=O)[C@@H]3C[C@@H](O)[C@@H](O)C[C@@H]32)OC1. The Balaban J connectivity index is 1.83. The van der Waals surface area contributed by atoms with Gasteiger partial charge in [-0.1, -0.05) is 13.8 Å². The second-order valence-corrected chi connectivity index (χ2v) is 7.34. The molecule has 3 aliphatic rings. The second-order valence-electron chi connectivity index (χ2n) is 7.34. The Morgan fingerprint density at radius 3 is 2.35 bits per heavy atom. The number of hydrogen-bond acceptors (Lipinski definition) is 5. The summed E-state index contributed by atoms with van der Waals surface area (Å²) in [6, 6.07) is 0. The predicted octanol–water partition coefficient (Wildman–Crippen LogP) is 0.867. The van der Waals surface area contributed by atoms with Gasteiger partial charge in [0, 0.05) is 30.1 Å². The van der Waals surface area contributed by atoms with Crippen molar-refractivity contribution >= 4 is 5.78 Å². The van der Waals surface area contributed by atoms with Crippen molar-refractivity contribution in [2.45, 2.75) is 57.5 Å². The van der Waals surface area contributed by atoms with Crippen LogP contribution in [0, 0.1) is 17.3 Å². The summed E-state index contributed by atoms with van der Waals surface area (Å²) >= 11 is 0. The first-order chi connectivity index (χ1) is 9.33. The predicted molar refractivity (Wildman–Crippen MR) is 70.9 cm³/mol. The molecule has 1 spiro atoms. The molecule has 0 aromatic heterocycles. The number of Topliss-reactive ketones (excluding diaryl/α,β-unsaturated/α-hetero) is 1. The van der Waals surface area contributed by atoms with Gasteiger partial charge in [0.1, 0.15) is 5.78 Å². The van der Waals surface area contributed by atoms with Gasteiger partial charge in [-0.2, -0.15) is 0 Å². The normalized spacial score (nSPS) is 43.3. The van der Waals surface area contributed by atoms with E-state index in [9.17, 15) is 15.0 Å². The molecule has 0 aromatic carbocycles. The molecule has 0 bridgehead atoms. The van der Waals surface area contributed by atoms with E-state index in [1.54, 1.807) is 0 Å². The van der Waals surface area contributed by atoms with Gasteiger partial charge >= 0.3 is 0 Å². The van der Waals surface area contributed by atoms with Crippen LogP contribution in [0.25, 0.3) is 0 Å². The fraction of sp³-hybridized carbons (Fsp3) is 0.933. The Labute approximate surface area is 119 Å². The lowest BCUT2D eigenvalue weighted by Gasteiger charge is -2.54. The van der Waals surface area contributed by atoms with Gasteiger partial charge < -0.3 is 19.7 Å². The van der Waals surface area contributed by atoms with E-state index in [4.69, 9.17) is 9.47 Å². The highest BCUT2D eigenvalue weighted by atomic mass is 16.7. The van der Waals surface area contributed by atoms with Gasteiger partial charge in [0.15, 0.2) is 5.79 Å². The third-order valence-electron chi connectivity index (χ3n) is 5.03. The third kappa shape index (κ3) is 2.30. The molecular formula is C15H24O5. The van der Waals surface area contributed by atoms with Crippen LogP contribution in [0.5, 0.6) is 0 Å². The number of ketones is 1. The monoisotopic (exact) mass is 284 g/mol. The molecule has 5 heteroatoms. The van der Waals surface area contributed by atoms with Crippen LogP contribution in [0.4, 0.5) is 0 Å². The molecule has 3 fully saturated rings. The first-order valence-corrected chi connectivity index (χ1v) is 7.50. The van der Waals surface area contributed by atoms with E-state index >= 15 is 0 Å². The second kappa shape index (κ2) is 4.77. The van der Waals surface area contributed by atoms with Gasteiger partial charge in [0.2, 0.25) is 0 Å². The minimum Gasteiger partial charge on any atom is -0.390 e. The molecule has 0 amide bonds. The zero-order chi connectivity index (χ0) is 14.5. The topological polar surface area (TPSA) is 76.0 Å². The van der Waals surface area contributed by atoms with E-state index in [1.165, 1.54) is 0 Å². The lowest BCUT2D eigenvalue weighted by Crippen LogP contribution is -2.60. The summed E-state index contributed by atoms with van der Waals surface area (Å²) in [5, 5.41) is 19.8. The number of carbonyl (C=O) groups is 1. The molecule has 3 rings (SSSR count). The minimum atomic E-state index is -0.810. The van der Waals surface area contributed by atoms with E-state index < -0.39 is 18.0 Å². The van der Waals surface area contributed by atoms with Gasteiger partial charge in [-0.05, 0) is 12.8 Å². The summed E-state index contributed by atoms with van der Waals surface area (Å²) in [6.45, 7) is 5.38. The van der Waals surface area contributed by atoms with Crippen LogP contribution in [0.2, 0.25) is 0 Å². The summed E-state index contributed by atoms with van der Waals surface area (Å²) in [5.74, 6) is -0.958. The highest BCUT2D eigenvalue weighted by Gasteiger charge is 2.56. The minimum absolute atomic E-state index is 0.0188. The van der Waals surface area contributed by atoms with Gasteiger partial charge in [-0.25, -0.2) is 0 Å². The molecule has 0 unspecified atom stereocenters. The zero-order valence-electron chi connectivity index (χ0n) is 12.2. The number of aliphatic hydroxyl groups excluding tert-OH is 2. The fourth-order valence-corrected chi connectivity index (χ4v) is 3.75. The van der Waals surface area contributed by atoms with E-state index in [1.807, 2.05) is 0 Å². The molecule has 20 heavy (non-hydrogen) atoms. The van der Waals surface area contributed by atoms with Crippen LogP contribution in [-0.2, 0) is 14.3 Å². The maximum Gasteiger partial charge on any atom is 0.172 e. The lowest BCUT2D eigenvalue weighted by molar-refractivity contribution is -0.342. The van der Waals surface area contributed by atoms with Crippen molar-refractivity contribution in [1.82, 2.24) is 0 Å². The van der Waals surface area contributed by atoms with Crippen molar-refractivity contribution in [2.24, 2.45) is 17.3 Å². The molecule has 2 N–H and O–H groups in total. The molecule has 1 saturated heterocycles. The molecule has 114 valence electrons. The number of fused-ring (bicyclic) bond motifs is 2. The van der Waals surface area contributed by atoms with Crippen molar-refractivity contribution < 1.29 is 24.5 Å². The van der Waals surface area contributed by atoms with E-state index in [-0.39, 0.29) is 23.0 Å². The van der Waals surface area contributed by atoms with Crippen LogP contribution >= 0.6 is 0 Å². The average molecular weight is 284 g/mol. The summed E-state index contributed by atoms with van der Waals surface area (Å²) in [4.78, 5) is 12.1. The number of carbonyl (C=O) groups excluding carboxylic acids is 1. The largest absolute Gasteiger partial charge is 0.390 e. The first-order valence-electron chi connectivity index (χ1n) is 7.50. The third-order valence-corrected chi connectivity index (χ3v) is 5.03. The fourth-order valence-electron chi connectivity index (χ4n) is 3.75. The van der Waals surface area contributed by atoms with Gasteiger partial charge in [0.25, 0.3) is 0 Å². The Kier molecular flexibility index (Phi) is 3.44. The highest BCUT2D eigenvalue weighted by molar-refractivity contribution is 5.82. The smallest absolute Gasteiger partial charge is 0.172 e. The van der Waals surface area contributed by atoms with Gasteiger partial charge in [-0.3, -0.25) is 4.79 Å². The molecular weight excluding hydrogens is 260 g/mol. The standard InChI is InChI=1S/C15H24O5/c1-14(2)7-19-15(20-8-14)4-3-11(16)9-5-12(17)13(18)6-10(9)15/h9-10,12-13,17-18H,3-8H2,1-2H3/t9-,10+,12-,13+/m1/s1. The maximum atomic E-state index is 12.1. The van der Waals surface area contributed by atoms with Crippen LogP contribution in [-0.4, -0.2) is 47.2 Å². The highest BCUT2D eigenvalue weighted by Crippen LogP contribution is 2.49. The molecule has 0 aromatic rings. The van der Waals surface area contributed by atoms with Crippen molar-refractivity contribution in [3.05, 3.63) is 0 Å². The zero-order valence-corrected chi connectivity index (χ0v) is 12.2. The van der Waals surface area contributed by atoms with Crippen LogP contribution in [0.1, 0.15) is 39.5 Å². The molecule has 5 nitrogen and oxygen atoms in total. The molecule has 4 atom stereocenters. The number of ether oxygens (including phenoxy) is 2. The summed E-state index contributed by atoms with van der Waals surface area (Å²) in [7, 11) is 0. The number of aliphatic hydroxyl groups is 2. The summed E-state index contributed by atoms with van der Waals surface area (Å²) in [5.41, 5.74) is -0.0188. The summed E-state index contributed by atoms with van der Waals surface area (Å²) < 4.78 is 12.1. The van der Waals surface area contributed by atoms with Crippen molar-refractivity contribution in [3.8, 4) is 0 Å². The van der Waals surface area contributed by atoms with Gasteiger partial charge in [-0.15, -0.1) is 0 Å². The quantitative estimate of drug-likeness (QED) is 0.690. The molecule has 2 saturated carbocycles. The average Bonchev–Trinajstić information content (AvgIpc) is 2.40. The maximum absolute atomic E-state index is 12.1. The van der Waals surface area contributed by atoms with Crippen LogP contribution in [0.3, 0.4) is 0 Å². The Hall–Kier alpha value is -0.490. The van der Waals surface area contributed by atoms with Crippen LogP contribution in [0.15, 0.2) is 0 Å². The molecule has 0 radical (unpaired) electrons. The Morgan fingerprint density at radius 1 is 1.10 bits per heavy atom.